The quantitative estimate of drug-likeness (QED) is 0.413. The lowest BCUT2D eigenvalue weighted by Gasteiger charge is -2.34. The molecule has 0 aromatic carbocycles. The van der Waals surface area contributed by atoms with Gasteiger partial charge in [-0.15, -0.1) is 0 Å². The molecule has 134 valence electrons. The second kappa shape index (κ2) is 12.6. The van der Waals surface area contributed by atoms with Gasteiger partial charge in [-0.25, -0.2) is 0 Å². The van der Waals surface area contributed by atoms with E-state index in [0.29, 0.717) is 0 Å². The van der Waals surface area contributed by atoms with Gasteiger partial charge < -0.3 is 9.80 Å². The molecule has 0 aromatic rings. The minimum absolute atomic E-state index is 0.222. The number of allylic oxidation sites excluding steroid dienone is 1. The van der Waals surface area contributed by atoms with Gasteiger partial charge in [0.15, 0.2) is 0 Å². The largest absolute Gasteiger partial charge is 0.339 e. The Morgan fingerprint density at radius 1 is 1.04 bits per heavy atom. The average Bonchev–Trinajstić information content (AvgIpc) is 2.59. The highest BCUT2D eigenvalue weighted by Gasteiger charge is 2.22. The van der Waals surface area contributed by atoms with Gasteiger partial charge in [0, 0.05) is 19.6 Å². The van der Waals surface area contributed by atoms with Crippen LogP contribution in [0.3, 0.4) is 0 Å². The van der Waals surface area contributed by atoms with Crippen LogP contribution in [-0.2, 0) is 4.79 Å². The van der Waals surface area contributed by atoms with Crippen molar-refractivity contribution in [2.45, 2.75) is 72.1 Å². The first-order valence-corrected chi connectivity index (χ1v) is 9.89. The molecule has 0 spiro atoms. The van der Waals surface area contributed by atoms with E-state index < -0.39 is 0 Å². The Balaban J connectivity index is 2.16. The topological polar surface area (TPSA) is 23.6 Å². The Morgan fingerprint density at radius 3 is 2.30 bits per heavy atom. The van der Waals surface area contributed by atoms with Crippen LogP contribution in [0.25, 0.3) is 0 Å². The number of hydrogen-bond donors (Lipinski definition) is 0. The molecule has 3 nitrogen and oxygen atoms in total. The normalized spacial score (nSPS) is 16.6. The first-order valence-electron chi connectivity index (χ1n) is 9.89. The summed E-state index contributed by atoms with van der Waals surface area (Å²) in [7, 11) is 0. The van der Waals surface area contributed by atoms with Crippen LogP contribution < -0.4 is 0 Å². The number of carbonyl (C=O) groups excluding carboxylic acids is 1. The van der Waals surface area contributed by atoms with Gasteiger partial charge in [-0.3, -0.25) is 4.79 Å². The summed E-state index contributed by atoms with van der Waals surface area (Å²) in [5.74, 6) is 0.987. The Labute approximate surface area is 144 Å². The SMILES string of the molecule is CCCCCCCC=CC(=O)N1CCC(CN(CC)CC)CC1. The van der Waals surface area contributed by atoms with E-state index in [1.54, 1.807) is 0 Å². The highest BCUT2D eigenvalue weighted by atomic mass is 16.2. The van der Waals surface area contributed by atoms with E-state index in [0.717, 1.165) is 51.4 Å². The Morgan fingerprint density at radius 2 is 1.70 bits per heavy atom. The summed E-state index contributed by atoms with van der Waals surface area (Å²) in [4.78, 5) is 16.7. The van der Waals surface area contributed by atoms with Crippen molar-refractivity contribution < 1.29 is 4.79 Å². The van der Waals surface area contributed by atoms with Gasteiger partial charge in [0.1, 0.15) is 0 Å². The molecule has 1 saturated heterocycles. The van der Waals surface area contributed by atoms with Crippen molar-refractivity contribution in [3.8, 4) is 0 Å². The fourth-order valence-electron chi connectivity index (χ4n) is 3.34. The smallest absolute Gasteiger partial charge is 0.246 e. The molecular formula is C20H38N2O. The van der Waals surface area contributed by atoms with E-state index >= 15 is 0 Å². The molecule has 1 aliphatic rings. The molecule has 0 bridgehead atoms. The van der Waals surface area contributed by atoms with E-state index in [1.165, 1.54) is 38.6 Å². The predicted molar refractivity (Wildman–Crippen MR) is 99.6 cm³/mol. The standard InChI is InChI=1S/C20H38N2O/c1-4-7-8-9-10-11-12-13-20(23)22-16-14-19(15-17-22)18-21(5-2)6-3/h12-13,19H,4-11,14-18H2,1-3H3. The molecule has 0 atom stereocenters. The molecule has 1 heterocycles. The van der Waals surface area contributed by atoms with Crippen molar-refractivity contribution in [1.29, 1.82) is 0 Å². The van der Waals surface area contributed by atoms with Gasteiger partial charge in [-0.2, -0.15) is 0 Å². The van der Waals surface area contributed by atoms with Gasteiger partial charge in [-0.1, -0.05) is 52.5 Å². The molecule has 0 saturated carbocycles. The molecule has 1 fully saturated rings. The van der Waals surface area contributed by atoms with Crippen LogP contribution in [0.5, 0.6) is 0 Å². The molecule has 1 rings (SSSR count). The first-order chi connectivity index (χ1) is 11.2. The van der Waals surface area contributed by atoms with Crippen LogP contribution in [-0.4, -0.2) is 48.4 Å². The average molecular weight is 323 g/mol. The highest BCUT2D eigenvalue weighted by molar-refractivity contribution is 5.87. The maximum absolute atomic E-state index is 12.2. The van der Waals surface area contributed by atoms with Gasteiger partial charge in [-0.05, 0) is 50.8 Å². The number of unbranched alkanes of at least 4 members (excludes halogenated alkanes) is 5. The van der Waals surface area contributed by atoms with E-state index in [-0.39, 0.29) is 5.91 Å². The molecule has 23 heavy (non-hydrogen) atoms. The van der Waals surface area contributed by atoms with Crippen molar-refractivity contribution in [2.24, 2.45) is 5.92 Å². The Kier molecular flexibility index (Phi) is 11.1. The minimum atomic E-state index is 0.222. The first kappa shape index (κ1) is 20.2. The number of carbonyl (C=O) groups is 1. The summed E-state index contributed by atoms with van der Waals surface area (Å²) in [5.41, 5.74) is 0. The van der Waals surface area contributed by atoms with Crippen molar-refractivity contribution in [2.75, 3.05) is 32.7 Å². The molecule has 0 aromatic heterocycles. The summed E-state index contributed by atoms with van der Waals surface area (Å²) in [6.45, 7) is 12.0. The van der Waals surface area contributed by atoms with E-state index in [9.17, 15) is 4.79 Å². The second-order valence-electron chi connectivity index (χ2n) is 6.86. The number of amides is 1. The Bertz CT molecular complexity index is 329. The predicted octanol–water partition coefficient (Wildman–Crippen LogP) is 4.48. The molecule has 0 radical (unpaired) electrons. The van der Waals surface area contributed by atoms with Crippen LogP contribution >= 0.6 is 0 Å². The van der Waals surface area contributed by atoms with Crippen molar-refractivity contribution >= 4 is 5.91 Å². The van der Waals surface area contributed by atoms with E-state index in [4.69, 9.17) is 0 Å². The number of likely N-dealkylation sites (tertiary alicyclic amines) is 1. The number of rotatable bonds is 11. The van der Waals surface area contributed by atoms with Crippen molar-refractivity contribution in [3.05, 3.63) is 12.2 Å². The molecule has 0 aliphatic carbocycles. The van der Waals surface area contributed by atoms with E-state index in [1.807, 2.05) is 11.0 Å². The van der Waals surface area contributed by atoms with Crippen molar-refractivity contribution in [1.82, 2.24) is 9.80 Å². The number of nitrogens with zero attached hydrogens (tertiary/aromatic N) is 2. The van der Waals surface area contributed by atoms with E-state index in [2.05, 4.69) is 31.7 Å². The summed E-state index contributed by atoms with van der Waals surface area (Å²) >= 11 is 0. The Hall–Kier alpha value is -0.830. The summed E-state index contributed by atoms with van der Waals surface area (Å²) in [5, 5.41) is 0. The third-order valence-corrected chi connectivity index (χ3v) is 5.07. The van der Waals surface area contributed by atoms with Gasteiger partial charge in [0.2, 0.25) is 5.91 Å². The lowest BCUT2D eigenvalue weighted by molar-refractivity contribution is -0.127. The number of hydrogen-bond acceptors (Lipinski definition) is 2. The molecule has 1 aliphatic heterocycles. The number of piperidine rings is 1. The minimum Gasteiger partial charge on any atom is -0.339 e. The lowest BCUT2D eigenvalue weighted by atomic mass is 9.96. The molecular weight excluding hydrogens is 284 g/mol. The molecule has 0 unspecified atom stereocenters. The van der Waals surface area contributed by atoms with Crippen LogP contribution in [0.1, 0.15) is 72.1 Å². The second-order valence-corrected chi connectivity index (χ2v) is 6.86. The third kappa shape index (κ3) is 8.55. The molecule has 0 N–H and O–H groups in total. The summed E-state index contributed by atoms with van der Waals surface area (Å²) in [6.07, 6.45) is 13.7. The van der Waals surface area contributed by atoms with Crippen LogP contribution in [0.2, 0.25) is 0 Å². The summed E-state index contributed by atoms with van der Waals surface area (Å²) in [6, 6.07) is 0. The van der Waals surface area contributed by atoms with Gasteiger partial charge in [0.25, 0.3) is 0 Å². The fraction of sp³-hybridized carbons (Fsp3) is 0.850. The van der Waals surface area contributed by atoms with Crippen molar-refractivity contribution in [3.63, 3.8) is 0 Å². The zero-order valence-corrected chi connectivity index (χ0v) is 15.7. The zero-order chi connectivity index (χ0) is 16.9. The molecule has 1 amide bonds. The summed E-state index contributed by atoms with van der Waals surface area (Å²) < 4.78 is 0. The maximum Gasteiger partial charge on any atom is 0.246 e. The fourth-order valence-corrected chi connectivity index (χ4v) is 3.34. The highest BCUT2D eigenvalue weighted by Crippen LogP contribution is 2.18. The molecule has 3 heteroatoms. The van der Waals surface area contributed by atoms with Crippen LogP contribution in [0.4, 0.5) is 0 Å². The lowest BCUT2D eigenvalue weighted by Crippen LogP contribution is -2.41. The van der Waals surface area contributed by atoms with Crippen LogP contribution in [0, 0.1) is 5.92 Å². The zero-order valence-electron chi connectivity index (χ0n) is 15.7. The van der Waals surface area contributed by atoms with Gasteiger partial charge in [0.05, 0.1) is 0 Å². The maximum atomic E-state index is 12.2. The third-order valence-electron chi connectivity index (χ3n) is 5.07. The van der Waals surface area contributed by atoms with Gasteiger partial charge >= 0.3 is 0 Å². The monoisotopic (exact) mass is 322 g/mol. The van der Waals surface area contributed by atoms with Crippen LogP contribution in [0.15, 0.2) is 12.2 Å².